The van der Waals surface area contributed by atoms with Crippen molar-refractivity contribution in [1.82, 2.24) is 0 Å². The van der Waals surface area contributed by atoms with E-state index >= 15 is 0 Å². The zero-order valence-corrected chi connectivity index (χ0v) is 15.8. The lowest BCUT2D eigenvalue weighted by molar-refractivity contribution is -0.147. The average molecular weight is 341 g/mol. The Balaban J connectivity index is 1.96. The zero-order valence-electron chi connectivity index (χ0n) is 15.8. The lowest BCUT2D eigenvalue weighted by Crippen LogP contribution is -2.23. The molecule has 0 saturated heterocycles. The van der Waals surface area contributed by atoms with Crippen LogP contribution in [0, 0.1) is 16.7 Å². The van der Waals surface area contributed by atoms with Gasteiger partial charge >= 0.3 is 11.9 Å². The second kappa shape index (κ2) is 9.43. The first kappa shape index (κ1) is 21.0. The standard InChI is InChI=1S/C20H36O4/c1-16(10-6-4-8-12-19(2,3)17(21)22)11-7-5-9-13-20(14-15-20)18(23)24/h16H,4-15H2,1-3H3,(H,21,22)(H,23,24). The summed E-state index contributed by atoms with van der Waals surface area (Å²) in [5, 5.41) is 18.2. The molecule has 1 unspecified atom stereocenters. The highest BCUT2D eigenvalue weighted by atomic mass is 16.4. The molecule has 1 atom stereocenters. The quantitative estimate of drug-likeness (QED) is 0.409. The number of unbranched alkanes of at least 4 members (excludes halogenated alkanes) is 4. The van der Waals surface area contributed by atoms with Crippen molar-refractivity contribution < 1.29 is 19.8 Å². The van der Waals surface area contributed by atoms with Crippen LogP contribution < -0.4 is 0 Å². The largest absolute Gasteiger partial charge is 0.481 e. The molecule has 1 aliphatic carbocycles. The molecule has 24 heavy (non-hydrogen) atoms. The van der Waals surface area contributed by atoms with Crippen LogP contribution in [-0.2, 0) is 9.59 Å². The molecule has 140 valence electrons. The molecular weight excluding hydrogens is 304 g/mol. The van der Waals surface area contributed by atoms with Gasteiger partial charge in [0.2, 0.25) is 0 Å². The molecule has 4 heteroatoms. The van der Waals surface area contributed by atoms with Crippen LogP contribution >= 0.6 is 0 Å². The number of carboxylic acids is 2. The zero-order chi connectivity index (χ0) is 18.2. The SMILES string of the molecule is CC(CCCCCC(C)(C)C(=O)O)CCCCCC1(C(=O)O)CC1. The number of carboxylic acid groups (broad SMARTS) is 2. The Kier molecular flexibility index (Phi) is 8.24. The van der Waals surface area contributed by atoms with Crippen LogP contribution in [0.2, 0.25) is 0 Å². The molecule has 0 aliphatic heterocycles. The van der Waals surface area contributed by atoms with Crippen LogP contribution in [0.5, 0.6) is 0 Å². The lowest BCUT2D eigenvalue weighted by atomic mass is 9.86. The molecule has 4 nitrogen and oxygen atoms in total. The summed E-state index contributed by atoms with van der Waals surface area (Å²) in [5.41, 5.74) is -0.949. The maximum absolute atomic E-state index is 11.1. The van der Waals surface area contributed by atoms with E-state index in [1.165, 1.54) is 25.7 Å². The van der Waals surface area contributed by atoms with E-state index in [0.717, 1.165) is 51.4 Å². The van der Waals surface area contributed by atoms with Crippen molar-refractivity contribution in [3.63, 3.8) is 0 Å². The van der Waals surface area contributed by atoms with Gasteiger partial charge in [0.05, 0.1) is 10.8 Å². The summed E-state index contributed by atoms with van der Waals surface area (Å²) in [6.45, 7) is 5.89. The third-order valence-corrected chi connectivity index (χ3v) is 5.74. The number of aliphatic carboxylic acids is 2. The minimum atomic E-state index is -0.702. The molecule has 0 aromatic heterocycles. The summed E-state index contributed by atoms with van der Waals surface area (Å²) < 4.78 is 0. The summed E-state index contributed by atoms with van der Waals surface area (Å²) in [4.78, 5) is 22.1. The van der Waals surface area contributed by atoms with Gasteiger partial charge in [-0.1, -0.05) is 58.3 Å². The van der Waals surface area contributed by atoms with Gasteiger partial charge in [0, 0.05) is 0 Å². The highest BCUT2D eigenvalue weighted by Gasteiger charge is 2.49. The number of rotatable bonds is 14. The fourth-order valence-corrected chi connectivity index (χ4v) is 3.34. The van der Waals surface area contributed by atoms with Crippen molar-refractivity contribution in [2.75, 3.05) is 0 Å². The first-order chi connectivity index (χ1) is 11.2. The normalized spacial score (nSPS) is 17.5. The summed E-state index contributed by atoms with van der Waals surface area (Å²) in [6.07, 6.45) is 12.5. The molecule has 0 spiro atoms. The van der Waals surface area contributed by atoms with Gasteiger partial charge in [-0.3, -0.25) is 9.59 Å². The fourth-order valence-electron chi connectivity index (χ4n) is 3.34. The summed E-state index contributed by atoms with van der Waals surface area (Å²) in [5.74, 6) is -0.583. The summed E-state index contributed by atoms with van der Waals surface area (Å²) in [7, 11) is 0. The van der Waals surface area contributed by atoms with Crippen LogP contribution in [0.15, 0.2) is 0 Å². The van der Waals surface area contributed by atoms with Crippen LogP contribution in [0.1, 0.15) is 97.8 Å². The third kappa shape index (κ3) is 7.23. The molecule has 2 N–H and O–H groups in total. The van der Waals surface area contributed by atoms with E-state index in [1.807, 2.05) is 0 Å². The van der Waals surface area contributed by atoms with Crippen molar-refractivity contribution in [3.05, 3.63) is 0 Å². The van der Waals surface area contributed by atoms with Crippen molar-refractivity contribution in [1.29, 1.82) is 0 Å². The Bertz CT molecular complexity index is 384. The Morgan fingerprint density at radius 2 is 1.50 bits per heavy atom. The van der Waals surface area contributed by atoms with E-state index in [0.29, 0.717) is 5.92 Å². The van der Waals surface area contributed by atoms with Gasteiger partial charge in [-0.2, -0.15) is 0 Å². The van der Waals surface area contributed by atoms with E-state index in [2.05, 4.69) is 6.92 Å². The smallest absolute Gasteiger partial charge is 0.309 e. The maximum Gasteiger partial charge on any atom is 0.309 e. The van der Waals surface area contributed by atoms with E-state index in [-0.39, 0.29) is 5.41 Å². The Morgan fingerprint density at radius 3 is 1.96 bits per heavy atom. The molecule has 0 amide bonds. The van der Waals surface area contributed by atoms with Crippen LogP contribution in [0.3, 0.4) is 0 Å². The molecule has 1 aliphatic rings. The van der Waals surface area contributed by atoms with Gasteiger partial charge in [0.25, 0.3) is 0 Å². The van der Waals surface area contributed by atoms with Gasteiger partial charge in [0.15, 0.2) is 0 Å². The van der Waals surface area contributed by atoms with Crippen molar-refractivity contribution in [2.24, 2.45) is 16.7 Å². The minimum Gasteiger partial charge on any atom is -0.481 e. The minimum absolute atomic E-state index is 0.352. The number of hydrogen-bond donors (Lipinski definition) is 2. The summed E-state index contributed by atoms with van der Waals surface area (Å²) in [6, 6.07) is 0. The molecule has 1 rings (SSSR count). The van der Waals surface area contributed by atoms with Gasteiger partial charge in [0.1, 0.15) is 0 Å². The molecule has 1 saturated carbocycles. The van der Waals surface area contributed by atoms with Crippen LogP contribution in [0.4, 0.5) is 0 Å². The average Bonchev–Trinajstić information content (AvgIpc) is 3.27. The Morgan fingerprint density at radius 1 is 0.958 bits per heavy atom. The molecule has 0 heterocycles. The Labute approximate surface area is 147 Å². The molecule has 0 aromatic rings. The predicted molar refractivity (Wildman–Crippen MR) is 96.1 cm³/mol. The topological polar surface area (TPSA) is 74.6 Å². The first-order valence-corrected chi connectivity index (χ1v) is 9.66. The Hall–Kier alpha value is -1.06. The number of carbonyl (C=O) groups is 2. The van der Waals surface area contributed by atoms with Gasteiger partial charge in [-0.05, 0) is 45.4 Å². The van der Waals surface area contributed by atoms with Crippen LogP contribution in [0.25, 0.3) is 0 Å². The fraction of sp³-hybridized carbons (Fsp3) is 0.900. The van der Waals surface area contributed by atoms with Crippen molar-refractivity contribution in [3.8, 4) is 0 Å². The monoisotopic (exact) mass is 340 g/mol. The van der Waals surface area contributed by atoms with E-state index in [1.54, 1.807) is 13.8 Å². The summed E-state index contributed by atoms with van der Waals surface area (Å²) >= 11 is 0. The van der Waals surface area contributed by atoms with Gasteiger partial charge in [-0.15, -0.1) is 0 Å². The van der Waals surface area contributed by atoms with Crippen molar-refractivity contribution >= 4 is 11.9 Å². The highest BCUT2D eigenvalue weighted by molar-refractivity contribution is 5.77. The van der Waals surface area contributed by atoms with E-state index < -0.39 is 17.4 Å². The van der Waals surface area contributed by atoms with Gasteiger partial charge < -0.3 is 10.2 Å². The van der Waals surface area contributed by atoms with Crippen molar-refractivity contribution in [2.45, 2.75) is 97.8 Å². The molecular formula is C20H36O4. The second-order valence-corrected chi connectivity index (χ2v) is 8.58. The van der Waals surface area contributed by atoms with Gasteiger partial charge in [-0.25, -0.2) is 0 Å². The van der Waals surface area contributed by atoms with E-state index in [9.17, 15) is 9.59 Å². The molecule has 1 fully saturated rings. The number of hydrogen-bond acceptors (Lipinski definition) is 2. The van der Waals surface area contributed by atoms with E-state index in [4.69, 9.17) is 10.2 Å². The lowest BCUT2D eigenvalue weighted by Gasteiger charge is -2.18. The predicted octanol–water partition coefficient (Wildman–Crippen LogP) is 5.50. The maximum atomic E-state index is 11.1. The molecule has 0 bridgehead atoms. The van der Waals surface area contributed by atoms with Crippen LogP contribution in [-0.4, -0.2) is 22.2 Å². The first-order valence-electron chi connectivity index (χ1n) is 9.66. The highest BCUT2D eigenvalue weighted by Crippen LogP contribution is 2.50. The third-order valence-electron chi connectivity index (χ3n) is 5.74. The second-order valence-electron chi connectivity index (χ2n) is 8.58. The molecule has 0 radical (unpaired) electrons. The molecule has 0 aromatic carbocycles.